The molecule has 10 heteroatoms. The Morgan fingerprint density at radius 2 is 1.56 bits per heavy atom. The van der Waals surface area contributed by atoms with E-state index >= 15 is 0 Å². The molecular formula is C17H16N4O4S2. The Bertz CT molecular complexity index is 1150. The first kappa shape index (κ1) is 19.1. The number of nitrogens with one attached hydrogen (secondary N) is 1. The van der Waals surface area contributed by atoms with Crippen molar-refractivity contribution in [3.8, 4) is 11.3 Å². The van der Waals surface area contributed by atoms with Crippen molar-refractivity contribution in [2.75, 3.05) is 0 Å². The van der Waals surface area contributed by atoms with Crippen LogP contribution in [-0.2, 0) is 26.6 Å². The highest BCUT2D eigenvalue weighted by atomic mass is 32.2. The van der Waals surface area contributed by atoms with Gasteiger partial charge in [0.25, 0.3) is 0 Å². The number of benzene rings is 1. The molecule has 2 heterocycles. The van der Waals surface area contributed by atoms with Gasteiger partial charge in [0, 0.05) is 30.7 Å². The molecule has 0 aliphatic heterocycles. The third-order valence-electron chi connectivity index (χ3n) is 3.74. The highest BCUT2D eigenvalue weighted by Crippen LogP contribution is 2.21. The Hall–Kier alpha value is -2.66. The highest BCUT2D eigenvalue weighted by Gasteiger charge is 2.17. The molecular weight excluding hydrogens is 388 g/mol. The lowest BCUT2D eigenvalue weighted by Crippen LogP contribution is -2.24. The second-order valence-electron chi connectivity index (χ2n) is 5.59. The zero-order chi connectivity index (χ0) is 19.5. The van der Waals surface area contributed by atoms with Crippen LogP contribution in [0.5, 0.6) is 0 Å². The summed E-state index contributed by atoms with van der Waals surface area (Å²) in [4.78, 5) is 8.13. The van der Waals surface area contributed by atoms with Crippen molar-refractivity contribution in [1.82, 2.24) is 14.7 Å². The second-order valence-corrected chi connectivity index (χ2v) is 8.92. The quantitative estimate of drug-likeness (QED) is 0.636. The molecule has 3 N–H and O–H groups in total. The molecule has 1 aromatic carbocycles. The van der Waals surface area contributed by atoms with Gasteiger partial charge in [0.2, 0.25) is 20.0 Å². The molecule has 3 rings (SSSR count). The van der Waals surface area contributed by atoms with Gasteiger partial charge in [-0.15, -0.1) is 0 Å². The first-order valence-corrected chi connectivity index (χ1v) is 10.8. The van der Waals surface area contributed by atoms with E-state index in [1.807, 2.05) is 6.07 Å². The van der Waals surface area contributed by atoms with E-state index < -0.39 is 20.0 Å². The predicted octanol–water partition coefficient (Wildman–Crippen LogP) is 1.27. The Labute approximate surface area is 157 Å². The van der Waals surface area contributed by atoms with Gasteiger partial charge in [-0.1, -0.05) is 6.07 Å². The van der Waals surface area contributed by atoms with Crippen LogP contribution in [-0.4, -0.2) is 26.8 Å². The van der Waals surface area contributed by atoms with E-state index in [4.69, 9.17) is 5.14 Å². The average Bonchev–Trinajstić information content (AvgIpc) is 2.67. The summed E-state index contributed by atoms with van der Waals surface area (Å²) in [7, 11) is -7.73. The largest absolute Gasteiger partial charge is 0.264 e. The van der Waals surface area contributed by atoms with E-state index in [0.29, 0.717) is 11.3 Å². The zero-order valence-corrected chi connectivity index (χ0v) is 15.6. The summed E-state index contributed by atoms with van der Waals surface area (Å²) in [5.74, 6) is 0. The lowest BCUT2D eigenvalue weighted by atomic mass is 10.1. The van der Waals surface area contributed by atoms with Gasteiger partial charge < -0.3 is 0 Å². The van der Waals surface area contributed by atoms with Crippen LogP contribution in [0, 0.1) is 0 Å². The Balaban J connectivity index is 1.83. The summed E-state index contributed by atoms with van der Waals surface area (Å²) >= 11 is 0. The fourth-order valence-corrected chi connectivity index (χ4v) is 3.93. The summed E-state index contributed by atoms with van der Waals surface area (Å²) < 4.78 is 50.0. The van der Waals surface area contributed by atoms with Crippen molar-refractivity contribution in [3.05, 3.63) is 72.7 Å². The number of pyridine rings is 2. The number of rotatable bonds is 6. The fourth-order valence-electron chi connectivity index (χ4n) is 2.41. The molecule has 8 nitrogen and oxygen atoms in total. The Morgan fingerprint density at radius 3 is 2.19 bits per heavy atom. The number of sulfonamides is 2. The number of nitrogens with two attached hydrogens (primary N) is 1. The van der Waals surface area contributed by atoms with Gasteiger partial charge in [-0.3, -0.25) is 9.97 Å². The van der Waals surface area contributed by atoms with E-state index in [2.05, 4.69) is 14.7 Å². The molecule has 0 radical (unpaired) electrons. The van der Waals surface area contributed by atoms with Crippen LogP contribution in [0.4, 0.5) is 0 Å². The summed E-state index contributed by atoms with van der Waals surface area (Å²) in [6.45, 7) is 0.0112. The van der Waals surface area contributed by atoms with Gasteiger partial charge in [-0.25, -0.2) is 26.7 Å². The van der Waals surface area contributed by atoms with Crippen molar-refractivity contribution in [3.63, 3.8) is 0 Å². The molecule has 27 heavy (non-hydrogen) atoms. The van der Waals surface area contributed by atoms with Gasteiger partial charge in [0.1, 0.15) is 0 Å². The molecule has 0 fully saturated rings. The summed E-state index contributed by atoms with van der Waals surface area (Å²) in [5, 5.41) is 5.02. The SMILES string of the molecule is NS(=O)(=O)c1ccc(S(=O)(=O)NCc2cccnc2-c2cccnc2)cc1. The molecule has 0 saturated carbocycles. The maximum Gasteiger partial charge on any atom is 0.240 e. The third-order valence-corrected chi connectivity index (χ3v) is 6.09. The van der Waals surface area contributed by atoms with Crippen LogP contribution in [0.1, 0.15) is 5.56 Å². The molecule has 0 aliphatic carbocycles. The Kier molecular flexibility index (Phi) is 5.33. The van der Waals surface area contributed by atoms with Gasteiger partial charge in [0.15, 0.2) is 0 Å². The molecule has 0 spiro atoms. The molecule has 140 valence electrons. The van der Waals surface area contributed by atoms with Crippen LogP contribution in [0.15, 0.2) is 76.9 Å². The molecule has 2 aromatic heterocycles. The van der Waals surface area contributed by atoms with E-state index in [9.17, 15) is 16.8 Å². The molecule has 0 bridgehead atoms. The maximum absolute atomic E-state index is 12.5. The zero-order valence-electron chi connectivity index (χ0n) is 14.0. The number of hydrogen-bond acceptors (Lipinski definition) is 6. The predicted molar refractivity (Wildman–Crippen MR) is 99.3 cm³/mol. The molecule has 0 amide bonds. The molecule has 0 atom stereocenters. The first-order chi connectivity index (χ1) is 12.8. The fraction of sp³-hybridized carbons (Fsp3) is 0.0588. The standard InChI is InChI=1S/C17H16N4O4S2/c18-26(22,23)15-5-7-16(8-6-15)27(24,25)21-12-14-4-2-10-20-17(14)13-3-1-9-19-11-13/h1-11,21H,12H2,(H2,18,22,23). The van der Waals surface area contributed by atoms with Crippen molar-refractivity contribution in [2.45, 2.75) is 16.3 Å². The topological polar surface area (TPSA) is 132 Å². The average molecular weight is 404 g/mol. The molecule has 0 unspecified atom stereocenters. The van der Waals surface area contributed by atoms with Gasteiger partial charge in [0.05, 0.1) is 15.5 Å². The Morgan fingerprint density at radius 1 is 0.889 bits per heavy atom. The minimum absolute atomic E-state index is 0.0112. The van der Waals surface area contributed by atoms with Crippen LogP contribution in [0.25, 0.3) is 11.3 Å². The normalized spacial score (nSPS) is 12.0. The van der Waals surface area contributed by atoms with Crippen molar-refractivity contribution in [1.29, 1.82) is 0 Å². The monoisotopic (exact) mass is 404 g/mol. The maximum atomic E-state index is 12.5. The highest BCUT2D eigenvalue weighted by molar-refractivity contribution is 7.89. The number of primary sulfonamides is 1. The molecule has 0 saturated heterocycles. The lowest BCUT2D eigenvalue weighted by Gasteiger charge is -2.10. The number of nitrogens with zero attached hydrogens (tertiary/aromatic N) is 2. The summed E-state index contributed by atoms with van der Waals surface area (Å²) in [6.07, 6.45) is 4.90. The summed E-state index contributed by atoms with van der Waals surface area (Å²) in [5.41, 5.74) is 2.07. The number of hydrogen-bond donors (Lipinski definition) is 2. The van der Waals surface area contributed by atoms with Crippen LogP contribution >= 0.6 is 0 Å². The minimum Gasteiger partial charge on any atom is -0.264 e. The first-order valence-electron chi connectivity index (χ1n) is 7.74. The van der Waals surface area contributed by atoms with Gasteiger partial charge in [-0.2, -0.15) is 0 Å². The van der Waals surface area contributed by atoms with Crippen molar-refractivity contribution >= 4 is 20.0 Å². The molecule has 0 aliphatic rings. The van der Waals surface area contributed by atoms with Crippen molar-refractivity contribution in [2.24, 2.45) is 5.14 Å². The minimum atomic E-state index is -3.89. The van der Waals surface area contributed by atoms with Crippen LogP contribution in [0.2, 0.25) is 0 Å². The van der Waals surface area contributed by atoms with Crippen LogP contribution in [0.3, 0.4) is 0 Å². The van der Waals surface area contributed by atoms with E-state index in [1.54, 1.807) is 36.8 Å². The van der Waals surface area contributed by atoms with E-state index in [0.717, 1.165) is 17.7 Å². The van der Waals surface area contributed by atoms with Gasteiger partial charge >= 0.3 is 0 Å². The lowest BCUT2D eigenvalue weighted by molar-refractivity contribution is 0.580. The summed E-state index contributed by atoms with van der Waals surface area (Å²) in [6, 6.07) is 11.8. The number of aromatic nitrogens is 2. The molecule has 3 aromatic rings. The van der Waals surface area contributed by atoms with Crippen LogP contribution < -0.4 is 9.86 Å². The van der Waals surface area contributed by atoms with E-state index in [1.165, 1.54) is 12.1 Å². The van der Waals surface area contributed by atoms with Gasteiger partial charge in [-0.05, 0) is 48.0 Å². The smallest absolute Gasteiger partial charge is 0.240 e. The third kappa shape index (κ3) is 4.55. The van der Waals surface area contributed by atoms with E-state index in [-0.39, 0.29) is 16.3 Å². The van der Waals surface area contributed by atoms with Crippen molar-refractivity contribution < 1.29 is 16.8 Å². The second kappa shape index (κ2) is 7.53.